The molecular weight excluding hydrogens is 618 g/mol. The summed E-state index contributed by atoms with van der Waals surface area (Å²) in [4.78, 5) is 13.2. The standard InChI is InChI=1S/C32H39N3O10S/c33-12-14-40-23-7-5-21(6-8-23)15-26(34-32(37)45-30-19-42-31-25(30)11-13-41-31)27(36)18-35(17-22-3-1-2-4-22)46(38,39)24-9-10-28-29(16-24)44-20-43-28/h5-10,16,22,25-27,30-31,36H,1-4,11,13-15,17-20H2,(H,34,37)/t25?,26-,27+,30?,31?/m0/s1. The lowest BCUT2D eigenvalue weighted by atomic mass is 10.0. The van der Waals surface area contributed by atoms with E-state index < -0.39 is 40.7 Å². The van der Waals surface area contributed by atoms with E-state index in [9.17, 15) is 18.3 Å². The molecule has 0 spiro atoms. The van der Waals surface area contributed by atoms with E-state index in [-0.39, 0.29) is 56.2 Å². The van der Waals surface area contributed by atoms with E-state index in [1.54, 1.807) is 30.3 Å². The molecule has 0 aromatic heterocycles. The number of carbonyl (C=O) groups excluding carboxylic acids is 1. The number of alkyl carbamates (subject to hydrolysis) is 1. The topological polar surface area (TPSA) is 166 Å². The SMILES string of the molecule is N#CCOc1ccc(C[C@H](NC(=O)OC2COC3OCCC23)[C@H](O)CN(CC2CCCC2)S(=O)(=O)c2ccc3c(c2)OCO3)cc1. The summed E-state index contributed by atoms with van der Waals surface area (Å²) in [6.07, 6.45) is 1.79. The Morgan fingerprint density at radius 2 is 1.87 bits per heavy atom. The van der Waals surface area contributed by atoms with Gasteiger partial charge in [-0.2, -0.15) is 9.57 Å². The number of hydrogen-bond donors (Lipinski definition) is 2. The molecule has 2 saturated heterocycles. The Morgan fingerprint density at radius 3 is 2.65 bits per heavy atom. The molecule has 1 saturated carbocycles. The number of nitrogens with one attached hydrogen (secondary N) is 1. The zero-order chi connectivity index (χ0) is 32.1. The van der Waals surface area contributed by atoms with Gasteiger partial charge in [0.05, 0.1) is 36.2 Å². The number of rotatable bonds is 13. The van der Waals surface area contributed by atoms with Crippen molar-refractivity contribution in [1.29, 1.82) is 5.26 Å². The highest BCUT2D eigenvalue weighted by molar-refractivity contribution is 7.89. The van der Waals surface area contributed by atoms with Gasteiger partial charge in [0.15, 0.2) is 24.4 Å². The van der Waals surface area contributed by atoms with Crippen molar-refractivity contribution in [2.75, 3.05) is 39.7 Å². The molecule has 6 rings (SSSR count). The molecule has 14 heteroatoms. The first-order valence-electron chi connectivity index (χ1n) is 15.7. The highest BCUT2D eigenvalue weighted by atomic mass is 32.2. The number of carbonyl (C=O) groups is 1. The van der Waals surface area contributed by atoms with Crippen molar-refractivity contribution >= 4 is 16.1 Å². The molecule has 2 N–H and O–H groups in total. The summed E-state index contributed by atoms with van der Waals surface area (Å²) in [6.45, 7) is 0.634. The first kappa shape index (κ1) is 32.3. The van der Waals surface area contributed by atoms with Crippen LogP contribution < -0.4 is 19.5 Å². The average Bonchev–Trinajstić information content (AvgIpc) is 3.87. The molecule has 5 atom stereocenters. The lowest BCUT2D eigenvalue weighted by Gasteiger charge is -2.31. The maximum absolute atomic E-state index is 14.1. The number of ether oxygens (including phenoxy) is 6. The van der Waals surface area contributed by atoms with Crippen molar-refractivity contribution in [1.82, 2.24) is 9.62 Å². The molecule has 2 aromatic carbocycles. The zero-order valence-electron chi connectivity index (χ0n) is 25.4. The van der Waals surface area contributed by atoms with Crippen LogP contribution in [0.5, 0.6) is 17.2 Å². The normalized spacial score (nSPS) is 23.5. The van der Waals surface area contributed by atoms with Gasteiger partial charge in [-0.05, 0) is 61.4 Å². The van der Waals surface area contributed by atoms with E-state index in [1.807, 2.05) is 6.07 Å². The Hall–Kier alpha value is -3.61. The van der Waals surface area contributed by atoms with Gasteiger partial charge in [-0.15, -0.1) is 0 Å². The van der Waals surface area contributed by atoms with Gasteiger partial charge in [0.1, 0.15) is 17.9 Å². The zero-order valence-corrected chi connectivity index (χ0v) is 26.2. The highest BCUT2D eigenvalue weighted by Gasteiger charge is 2.44. The van der Waals surface area contributed by atoms with Crippen LogP contribution >= 0.6 is 0 Å². The Balaban J connectivity index is 1.21. The predicted octanol–water partition coefficient (Wildman–Crippen LogP) is 2.96. The Morgan fingerprint density at radius 1 is 1.09 bits per heavy atom. The van der Waals surface area contributed by atoms with Crippen LogP contribution in [-0.2, 0) is 30.7 Å². The van der Waals surface area contributed by atoms with Crippen LogP contribution in [0.3, 0.4) is 0 Å². The second-order valence-electron chi connectivity index (χ2n) is 12.1. The fourth-order valence-electron chi connectivity index (χ4n) is 6.52. The third-order valence-corrected chi connectivity index (χ3v) is 10.8. The van der Waals surface area contributed by atoms with Crippen LogP contribution in [-0.4, -0.2) is 88.2 Å². The molecule has 248 valence electrons. The maximum atomic E-state index is 14.1. The number of amides is 1. The average molecular weight is 658 g/mol. The van der Waals surface area contributed by atoms with Crippen LogP contribution in [0.4, 0.5) is 4.79 Å². The van der Waals surface area contributed by atoms with Crippen LogP contribution in [0.1, 0.15) is 37.7 Å². The van der Waals surface area contributed by atoms with Crippen molar-refractivity contribution in [2.24, 2.45) is 11.8 Å². The lowest BCUT2D eigenvalue weighted by molar-refractivity contribution is -0.0907. The number of nitrogens with zero attached hydrogens (tertiary/aromatic N) is 2. The molecule has 46 heavy (non-hydrogen) atoms. The number of aliphatic hydroxyl groups is 1. The number of benzene rings is 2. The lowest BCUT2D eigenvalue weighted by Crippen LogP contribution is -2.51. The number of sulfonamides is 1. The summed E-state index contributed by atoms with van der Waals surface area (Å²) < 4.78 is 62.4. The molecule has 0 bridgehead atoms. The number of aliphatic hydroxyl groups excluding tert-OH is 1. The molecule has 3 fully saturated rings. The Bertz CT molecular complexity index is 1510. The van der Waals surface area contributed by atoms with Crippen LogP contribution in [0.25, 0.3) is 0 Å². The molecule has 1 aliphatic carbocycles. The van der Waals surface area contributed by atoms with Crippen molar-refractivity contribution in [3.8, 4) is 23.3 Å². The van der Waals surface area contributed by atoms with Gasteiger partial charge < -0.3 is 38.8 Å². The minimum absolute atomic E-state index is 0.0135. The van der Waals surface area contributed by atoms with Crippen LogP contribution in [0.2, 0.25) is 0 Å². The largest absolute Gasteiger partial charge is 0.479 e. The molecule has 0 radical (unpaired) electrons. The summed E-state index contributed by atoms with van der Waals surface area (Å²) in [5, 5.41) is 23.3. The molecule has 1 amide bonds. The highest BCUT2D eigenvalue weighted by Crippen LogP contribution is 2.36. The van der Waals surface area contributed by atoms with E-state index in [0.717, 1.165) is 31.2 Å². The third kappa shape index (κ3) is 7.50. The van der Waals surface area contributed by atoms with Gasteiger partial charge in [-0.3, -0.25) is 0 Å². The smallest absolute Gasteiger partial charge is 0.407 e. The van der Waals surface area contributed by atoms with Gasteiger partial charge in [0.2, 0.25) is 16.8 Å². The fraction of sp³-hybridized carbons (Fsp3) is 0.562. The fourth-order valence-corrected chi connectivity index (χ4v) is 8.07. The number of fused-ring (bicyclic) bond motifs is 2. The summed E-state index contributed by atoms with van der Waals surface area (Å²) in [7, 11) is -4.06. The van der Waals surface area contributed by atoms with Crippen molar-refractivity contribution < 1.29 is 46.7 Å². The molecular formula is C32H39N3O10S. The molecule has 3 unspecified atom stereocenters. The van der Waals surface area contributed by atoms with Crippen molar-refractivity contribution in [2.45, 2.75) is 68.0 Å². The van der Waals surface area contributed by atoms with E-state index in [4.69, 9.17) is 33.7 Å². The van der Waals surface area contributed by atoms with Gasteiger partial charge >= 0.3 is 6.09 Å². The quantitative estimate of drug-likeness (QED) is 0.325. The molecule has 3 heterocycles. The monoisotopic (exact) mass is 657 g/mol. The number of hydrogen-bond acceptors (Lipinski definition) is 11. The van der Waals surface area contributed by atoms with E-state index >= 15 is 0 Å². The molecule has 13 nitrogen and oxygen atoms in total. The van der Waals surface area contributed by atoms with Crippen molar-refractivity contribution in [3.63, 3.8) is 0 Å². The predicted molar refractivity (Wildman–Crippen MR) is 162 cm³/mol. The summed E-state index contributed by atoms with van der Waals surface area (Å²) in [6, 6.07) is 12.4. The van der Waals surface area contributed by atoms with Crippen LogP contribution in [0, 0.1) is 23.2 Å². The van der Waals surface area contributed by atoms with E-state index in [0.29, 0.717) is 30.3 Å². The second kappa shape index (κ2) is 14.4. The summed E-state index contributed by atoms with van der Waals surface area (Å²) in [5.41, 5.74) is 0.753. The summed E-state index contributed by atoms with van der Waals surface area (Å²) in [5.74, 6) is 1.40. The van der Waals surface area contributed by atoms with Gasteiger partial charge in [-0.1, -0.05) is 25.0 Å². The summed E-state index contributed by atoms with van der Waals surface area (Å²) >= 11 is 0. The van der Waals surface area contributed by atoms with E-state index in [2.05, 4.69) is 5.32 Å². The first-order valence-corrected chi connectivity index (χ1v) is 17.1. The Labute approximate surface area is 268 Å². The first-order chi connectivity index (χ1) is 22.3. The van der Waals surface area contributed by atoms with Gasteiger partial charge in [-0.25, -0.2) is 13.2 Å². The van der Waals surface area contributed by atoms with Gasteiger partial charge in [0, 0.05) is 19.2 Å². The third-order valence-electron chi connectivity index (χ3n) is 9.00. The minimum atomic E-state index is -4.06. The second-order valence-corrected chi connectivity index (χ2v) is 14.0. The number of nitriles is 1. The van der Waals surface area contributed by atoms with Crippen LogP contribution in [0.15, 0.2) is 47.4 Å². The van der Waals surface area contributed by atoms with E-state index in [1.165, 1.54) is 16.4 Å². The maximum Gasteiger partial charge on any atom is 0.407 e. The minimum Gasteiger partial charge on any atom is -0.479 e. The molecule has 2 aromatic rings. The Kier molecular flexibility index (Phi) is 10.1. The van der Waals surface area contributed by atoms with Crippen molar-refractivity contribution in [3.05, 3.63) is 48.0 Å². The molecule has 4 aliphatic rings. The molecule has 3 aliphatic heterocycles. The van der Waals surface area contributed by atoms with Gasteiger partial charge in [0.25, 0.3) is 0 Å².